The van der Waals surface area contributed by atoms with Crippen molar-refractivity contribution < 1.29 is 13.2 Å². The Morgan fingerprint density at radius 3 is 2.52 bits per heavy atom. The maximum absolute atomic E-state index is 13.9. The van der Waals surface area contributed by atoms with E-state index >= 15 is 0 Å². The zero-order valence-electron chi connectivity index (χ0n) is 11.5. The highest BCUT2D eigenvalue weighted by molar-refractivity contribution is 9.10. The Bertz CT molecular complexity index is 631. The van der Waals surface area contributed by atoms with Crippen molar-refractivity contribution in [2.45, 2.75) is 19.4 Å². The van der Waals surface area contributed by atoms with Crippen molar-refractivity contribution >= 4 is 15.9 Å². The van der Waals surface area contributed by atoms with Crippen molar-refractivity contribution in [3.05, 3.63) is 69.4 Å². The average molecular weight is 358 g/mol. The Morgan fingerprint density at radius 2 is 1.86 bits per heavy atom. The van der Waals surface area contributed by atoms with E-state index in [1.165, 1.54) is 18.2 Å². The highest BCUT2D eigenvalue weighted by Crippen LogP contribution is 2.25. The van der Waals surface area contributed by atoms with Crippen molar-refractivity contribution in [1.82, 2.24) is 5.32 Å². The van der Waals surface area contributed by atoms with Gasteiger partial charge in [-0.15, -0.1) is 0 Å². The third-order valence-electron chi connectivity index (χ3n) is 3.25. The van der Waals surface area contributed by atoms with Crippen LogP contribution in [0.5, 0.6) is 0 Å². The van der Waals surface area contributed by atoms with Crippen molar-refractivity contribution in [3.8, 4) is 0 Å². The summed E-state index contributed by atoms with van der Waals surface area (Å²) in [7, 11) is 0. The standard InChI is InChI=1S/C16H15BrF3N/c1-2-21-15(12-4-3-5-13(18)16(12)20)8-10-6-7-11(17)9-14(10)19/h3-7,9,15,21H,2,8H2,1H3. The summed E-state index contributed by atoms with van der Waals surface area (Å²) in [6, 6.07) is 8.28. The number of nitrogens with one attached hydrogen (secondary N) is 1. The van der Waals surface area contributed by atoms with Crippen LogP contribution in [0.15, 0.2) is 40.9 Å². The van der Waals surface area contributed by atoms with E-state index in [0.717, 1.165) is 6.07 Å². The predicted octanol–water partition coefficient (Wildman–Crippen LogP) is 4.76. The lowest BCUT2D eigenvalue weighted by Crippen LogP contribution is -2.24. The summed E-state index contributed by atoms with van der Waals surface area (Å²) in [5.74, 6) is -2.16. The molecule has 112 valence electrons. The topological polar surface area (TPSA) is 12.0 Å². The van der Waals surface area contributed by atoms with E-state index in [2.05, 4.69) is 21.2 Å². The van der Waals surface area contributed by atoms with Crippen LogP contribution in [0.25, 0.3) is 0 Å². The van der Waals surface area contributed by atoms with Crippen LogP contribution in [-0.2, 0) is 6.42 Å². The molecule has 0 saturated heterocycles. The molecule has 1 nitrogen and oxygen atoms in total. The first-order valence-corrected chi connectivity index (χ1v) is 7.43. The van der Waals surface area contributed by atoms with Gasteiger partial charge in [-0.05, 0) is 36.7 Å². The molecular formula is C16H15BrF3N. The van der Waals surface area contributed by atoms with Crippen LogP contribution >= 0.6 is 15.9 Å². The van der Waals surface area contributed by atoms with Gasteiger partial charge in [-0.1, -0.05) is 41.1 Å². The van der Waals surface area contributed by atoms with Gasteiger partial charge in [0.2, 0.25) is 0 Å². The maximum atomic E-state index is 13.9. The van der Waals surface area contributed by atoms with Crippen molar-refractivity contribution in [1.29, 1.82) is 0 Å². The molecule has 1 atom stereocenters. The van der Waals surface area contributed by atoms with E-state index < -0.39 is 17.7 Å². The molecule has 21 heavy (non-hydrogen) atoms. The van der Waals surface area contributed by atoms with Crippen LogP contribution in [0.2, 0.25) is 0 Å². The minimum Gasteiger partial charge on any atom is -0.310 e. The molecule has 0 aliphatic rings. The van der Waals surface area contributed by atoms with Gasteiger partial charge in [-0.3, -0.25) is 0 Å². The van der Waals surface area contributed by atoms with Crippen LogP contribution in [0.3, 0.4) is 0 Å². The molecular weight excluding hydrogens is 343 g/mol. The lowest BCUT2D eigenvalue weighted by molar-refractivity contribution is 0.460. The van der Waals surface area contributed by atoms with Crippen molar-refractivity contribution in [3.63, 3.8) is 0 Å². The lowest BCUT2D eigenvalue weighted by Gasteiger charge is -2.19. The molecule has 0 amide bonds. The van der Waals surface area contributed by atoms with Gasteiger partial charge in [0.25, 0.3) is 0 Å². The quantitative estimate of drug-likeness (QED) is 0.813. The first-order valence-electron chi connectivity index (χ1n) is 6.64. The summed E-state index contributed by atoms with van der Waals surface area (Å²) in [5.41, 5.74) is 0.659. The molecule has 0 aromatic heterocycles. The van der Waals surface area contributed by atoms with Gasteiger partial charge >= 0.3 is 0 Å². The smallest absolute Gasteiger partial charge is 0.163 e. The molecule has 2 aromatic carbocycles. The van der Waals surface area contributed by atoms with Gasteiger partial charge in [-0.25, -0.2) is 13.2 Å². The van der Waals surface area contributed by atoms with Gasteiger partial charge in [0, 0.05) is 16.1 Å². The van der Waals surface area contributed by atoms with Crippen LogP contribution in [-0.4, -0.2) is 6.54 Å². The van der Waals surface area contributed by atoms with Gasteiger partial charge < -0.3 is 5.32 Å². The fourth-order valence-electron chi connectivity index (χ4n) is 2.24. The Labute approximate surface area is 130 Å². The normalized spacial score (nSPS) is 12.4. The molecule has 0 fully saturated rings. The molecule has 2 rings (SSSR count). The van der Waals surface area contributed by atoms with E-state index in [1.807, 2.05) is 6.92 Å². The molecule has 0 saturated carbocycles. The first-order chi connectivity index (χ1) is 10.0. The third-order valence-corrected chi connectivity index (χ3v) is 3.74. The fourth-order valence-corrected chi connectivity index (χ4v) is 2.57. The number of rotatable bonds is 5. The van der Waals surface area contributed by atoms with Crippen molar-refractivity contribution in [2.75, 3.05) is 6.54 Å². The molecule has 0 bridgehead atoms. The largest absolute Gasteiger partial charge is 0.310 e. The molecule has 5 heteroatoms. The highest BCUT2D eigenvalue weighted by Gasteiger charge is 2.19. The summed E-state index contributed by atoms with van der Waals surface area (Å²) in [6.45, 7) is 2.43. The number of hydrogen-bond acceptors (Lipinski definition) is 1. The number of likely N-dealkylation sites (N-methyl/N-ethyl adjacent to an activating group) is 1. The molecule has 0 radical (unpaired) electrons. The summed E-state index contributed by atoms with van der Waals surface area (Å²) in [5, 5.41) is 3.07. The molecule has 0 heterocycles. The summed E-state index contributed by atoms with van der Waals surface area (Å²) in [4.78, 5) is 0. The monoisotopic (exact) mass is 357 g/mol. The first kappa shape index (κ1) is 16.0. The minimum absolute atomic E-state index is 0.208. The van der Waals surface area contributed by atoms with E-state index in [4.69, 9.17) is 0 Å². The summed E-state index contributed by atoms with van der Waals surface area (Å²) >= 11 is 3.19. The summed E-state index contributed by atoms with van der Waals surface area (Å²) < 4.78 is 41.9. The Kier molecular flexibility index (Phi) is 5.42. The SMILES string of the molecule is CCNC(Cc1ccc(Br)cc1F)c1cccc(F)c1F. The van der Waals surface area contributed by atoms with E-state index in [0.29, 0.717) is 16.6 Å². The zero-order chi connectivity index (χ0) is 15.4. The molecule has 0 spiro atoms. The summed E-state index contributed by atoms with van der Waals surface area (Å²) in [6.07, 6.45) is 0.243. The lowest BCUT2D eigenvalue weighted by atomic mass is 9.98. The second kappa shape index (κ2) is 7.09. The zero-order valence-corrected chi connectivity index (χ0v) is 13.1. The van der Waals surface area contributed by atoms with Gasteiger partial charge in [0.15, 0.2) is 11.6 Å². The van der Waals surface area contributed by atoms with Gasteiger partial charge in [0.05, 0.1) is 0 Å². The molecule has 1 N–H and O–H groups in total. The Balaban J connectivity index is 2.33. The number of halogens is 4. The van der Waals surface area contributed by atoms with E-state index in [9.17, 15) is 13.2 Å². The van der Waals surface area contributed by atoms with Crippen LogP contribution < -0.4 is 5.32 Å². The highest BCUT2D eigenvalue weighted by atomic mass is 79.9. The second-order valence-corrected chi connectivity index (χ2v) is 5.61. The van der Waals surface area contributed by atoms with E-state index in [1.54, 1.807) is 12.1 Å². The molecule has 0 aliphatic heterocycles. The molecule has 1 unspecified atom stereocenters. The van der Waals surface area contributed by atoms with Crippen LogP contribution in [0, 0.1) is 17.5 Å². The maximum Gasteiger partial charge on any atom is 0.163 e. The van der Waals surface area contributed by atoms with Crippen molar-refractivity contribution in [2.24, 2.45) is 0 Å². The Morgan fingerprint density at radius 1 is 1.10 bits per heavy atom. The molecule has 0 aliphatic carbocycles. The fraction of sp³-hybridized carbons (Fsp3) is 0.250. The van der Waals surface area contributed by atoms with Crippen LogP contribution in [0.4, 0.5) is 13.2 Å². The van der Waals surface area contributed by atoms with E-state index in [-0.39, 0.29) is 17.8 Å². The minimum atomic E-state index is -0.897. The Hall–Kier alpha value is -1.33. The van der Waals surface area contributed by atoms with Gasteiger partial charge in [0.1, 0.15) is 5.82 Å². The number of benzene rings is 2. The third kappa shape index (κ3) is 3.86. The average Bonchev–Trinajstić information content (AvgIpc) is 2.44. The van der Waals surface area contributed by atoms with Crippen LogP contribution in [0.1, 0.15) is 24.1 Å². The number of hydrogen-bond donors (Lipinski definition) is 1. The second-order valence-electron chi connectivity index (χ2n) is 4.69. The van der Waals surface area contributed by atoms with Gasteiger partial charge in [-0.2, -0.15) is 0 Å². The molecule has 2 aromatic rings. The predicted molar refractivity (Wildman–Crippen MR) is 80.6 cm³/mol.